The molecule has 6 rings (SSSR count). The summed E-state index contributed by atoms with van der Waals surface area (Å²) in [5.41, 5.74) is 3.61. The fraction of sp³-hybridized carbons (Fsp3) is 0.486. The van der Waals surface area contributed by atoms with Crippen LogP contribution in [-0.2, 0) is 23.1 Å². The van der Waals surface area contributed by atoms with Crippen LogP contribution in [0.25, 0.3) is 0 Å². The second-order valence-corrected chi connectivity index (χ2v) is 13.3. The van der Waals surface area contributed by atoms with Crippen LogP contribution in [0.1, 0.15) is 80.2 Å². The van der Waals surface area contributed by atoms with Crippen molar-refractivity contribution in [2.75, 3.05) is 11.9 Å². The Bertz CT molecular complexity index is 1470. The van der Waals surface area contributed by atoms with Crippen LogP contribution in [0.2, 0.25) is 5.02 Å². The monoisotopic (exact) mass is 608 g/mol. The third kappa shape index (κ3) is 5.73. The molecule has 1 spiro atoms. The van der Waals surface area contributed by atoms with Crippen molar-refractivity contribution in [1.29, 1.82) is 0 Å². The molecule has 5 nitrogen and oxygen atoms in total. The maximum Gasteiger partial charge on any atom is 0.329 e. The van der Waals surface area contributed by atoms with Gasteiger partial charge in [-0.3, -0.25) is 4.98 Å². The zero-order valence-corrected chi connectivity index (χ0v) is 25.3. The number of alkyl halides is 2. The zero-order valence-electron chi connectivity index (χ0n) is 24.5. The molecule has 1 aromatic heterocycles. The highest BCUT2D eigenvalue weighted by molar-refractivity contribution is 6.30. The van der Waals surface area contributed by atoms with Gasteiger partial charge < -0.3 is 15.2 Å². The first kappa shape index (κ1) is 29.9. The van der Waals surface area contributed by atoms with Gasteiger partial charge in [0.1, 0.15) is 11.3 Å². The van der Waals surface area contributed by atoms with Gasteiger partial charge >= 0.3 is 5.97 Å². The molecule has 3 aromatic rings. The number of fused-ring (bicyclic) bond motifs is 3. The molecule has 2 aromatic carbocycles. The molecule has 2 N–H and O–H groups in total. The Balaban J connectivity index is 1.23. The molecule has 1 fully saturated rings. The Morgan fingerprint density at radius 1 is 1.14 bits per heavy atom. The smallest absolute Gasteiger partial charge is 0.329 e. The van der Waals surface area contributed by atoms with Crippen molar-refractivity contribution >= 4 is 23.3 Å². The molecule has 1 saturated carbocycles. The average Bonchev–Trinajstić information content (AvgIpc) is 3.28. The molecule has 8 heteroatoms. The lowest BCUT2D eigenvalue weighted by atomic mass is 9.59. The molecular weight excluding hydrogens is 570 g/mol. The second-order valence-electron chi connectivity index (χ2n) is 12.8. The number of nitrogens with one attached hydrogen (secondary N) is 1. The number of carboxylic acids is 1. The molecule has 2 unspecified atom stereocenters. The fourth-order valence-electron chi connectivity index (χ4n) is 8.08. The lowest BCUT2D eigenvalue weighted by Gasteiger charge is -2.47. The van der Waals surface area contributed by atoms with Crippen molar-refractivity contribution in [3.8, 4) is 5.75 Å². The van der Waals surface area contributed by atoms with Crippen LogP contribution in [0.5, 0.6) is 5.75 Å². The van der Waals surface area contributed by atoms with Gasteiger partial charge in [0.25, 0.3) is 0 Å². The summed E-state index contributed by atoms with van der Waals surface area (Å²) in [4.78, 5) is 17.2. The SMILES string of the molecule is C[C@@H]1CCCc2nccc(OCC(CC3Cc4ccccc4C34CCC(Nc3cccc(Cl)c3)(C(=O)O)CC4)C(F)F)c21. The first-order valence-electron chi connectivity index (χ1n) is 15.4. The Kier molecular flexibility index (Phi) is 8.38. The number of hydrogen-bond donors (Lipinski definition) is 2. The maximum absolute atomic E-state index is 14.7. The number of pyridine rings is 1. The third-order valence-corrected chi connectivity index (χ3v) is 10.6. The number of benzene rings is 2. The van der Waals surface area contributed by atoms with Crippen LogP contribution in [0.3, 0.4) is 0 Å². The third-order valence-electron chi connectivity index (χ3n) is 10.4. The minimum atomic E-state index is -2.53. The minimum Gasteiger partial charge on any atom is -0.493 e. The topological polar surface area (TPSA) is 71.5 Å². The number of aromatic nitrogens is 1. The lowest BCUT2D eigenvalue weighted by molar-refractivity contribution is -0.144. The van der Waals surface area contributed by atoms with Crippen LogP contribution in [0, 0.1) is 11.8 Å². The Hall–Kier alpha value is -3.19. The maximum atomic E-state index is 14.7. The average molecular weight is 609 g/mol. The van der Waals surface area contributed by atoms with Crippen molar-refractivity contribution in [2.45, 2.75) is 88.0 Å². The number of nitrogens with zero attached hydrogens (tertiary/aromatic N) is 1. The van der Waals surface area contributed by atoms with E-state index in [1.54, 1.807) is 24.4 Å². The van der Waals surface area contributed by atoms with Crippen LogP contribution in [0.4, 0.5) is 14.5 Å². The number of aliphatic carboxylic acids is 1. The predicted molar refractivity (Wildman–Crippen MR) is 164 cm³/mol. The van der Waals surface area contributed by atoms with E-state index < -0.39 is 23.9 Å². The molecule has 3 aliphatic rings. The highest BCUT2D eigenvalue weighted by Gasteiger charge is 2.54. The van der Waals surface area contributed by atoms with Gasteiger partial charge in [-0.05, 0) is 110 Å². The van der Waals surface area contributed by atoms with E-state index in [4.69, 9.17) is 16.3 Å². The predicted octanol–water partition coefficient (Wildman–Crippen LogP) is 8.44. The summed E-state index contributed by atoms with van der Waals surface area (Å²) >= 11 is 6.18. The quantitative estimate of drug-likeness (QED) is 0.255. The lowest BCUT2D eigenvalue weighted by Crippen LogP contribution is -2.53. The number of halogens is 3. The molecule has 0 radical (unpaired) electrons. The van der Waals surface area contributed by atoms with Crippen LogP contribution < -0.4 is 10.1 Å². The van der Waals surface area contributed by atoms with Crippen LogP contribution in [0.15, 0.2) is 60.8 Å². The number of ether oxygens (including phenoxy) is 1. The Morgan fingerprint density at radius 2 is 1.93 bits per heavy atom. The fourth-order valence-corrected chi connectivity index (χ4v) is 8.27. The number of anilines is 1. The minimum absolute atomic E-state index is 0.0317. The number of rotatable bonds is 9. The first-order valence-corrected chi connectivity index (χ1v) is 15.8. The molecule has 3 aliphatic carbocycles. The normalized spacial score (nSPS) is 27.0. The van der Waals surface area contributed by atoms with E-state index in [0.717, 1.165) is 30.5 Å². The second kappa shape index (κ2) is 12.1. The number of aryl methyl sites for hydroxylation is 1. The standard InChI is InChI=1S/C35H39ClF2N2O3/c1-22-6-4-11-29-31(22)30(12-17-39-29)43-21-24(32(37)38)19-25-18-23-7-2-3-10-28(23)34(25)13-15-35(16-14-34,33(41)42)40-27-9-5-8-26(36)20-27/h2-3,5,7-10,12,17,20,22,24-25,32,40H,4,6,11,13-16,18-19,21H2,1H3,(H,41,42)/t22-,24?,25?,34?,35?/m1/s1. The summed E-state index contributed by atoms with van der Waals surface area (Å²) < 4.78 is 35.5. The highest BCUT2D eigenvalue weighted by Crippen LogP contribution is 2.56. The van der Waals surface area contributed by atoms with Gasteiger partial charge in [0.05, 0.1) is 12.5 Å². The molecule has 3 atom stereocenters. The van der Waals surface area contributed by atoms with Gasteiger partial charge in [0.15, 0.2) is 0 Å². The van der Waals surface area contributed by atoms with E-state index in [9.17, 15) is 18.7 Å². The van der Waals surface area contributed by atoms with E-state index in [0.29, 0.717) is 60.9 Å². The summed E-state index contributed by atoms with van der Waals surface area (Å²) in [6, 6.07) is 17.1. The Labute approximate surface area is 257 Å². The molecule has 0 amide bonds. The van der Waals surface area contributed by atoms with Crippen molar-refractivity contribution < 1.29 is 23.4 Å². The van der Waals surface area contributed by atoms with Crippen molar-refractivity contribution in [2.24, 2.45) is 11.8 Å². The number of hydrogen-bond acceptors (Lipinski definition) is 4. The zero-order chi connectivity index (χ0) is 30.2. The van der Waals surface area contributed by atoms with E-state index in [2.05, 4.69) is 29.4 Å². The molecular formula is C35H39ClF2N2O3. The molecule has 0 saturated heterocycles. The van der Waals surface area contributed by atoms with Crippen molar-refractivity contribution in [1.82, 2.24) is 4.98 Å². The van der Waals surface area contributed by atoms with E-state index in [1.165, 1.54) is 11.1 Å². The van der Waals surface area contributed by atoms with E-state index in [1.807, 2.05) is 24.3 Å². The van der Waals surface area contributed by atoms with Gasteiger partial charge in [-0.1, -0.05) is 48.9 Å². The first-order chi connectivity index (χ1) is 20.7. The van der Waals surface area contributed by atoms with Crippen molar-refractivity contribution in [3.05, 3.63) is 88.2 Å². The molecule has 1 heterocycles. The summed E-state index contributed by atoms with van der Waals surface area (Å²) in [7, 11) is 0. The summed E-state index contributed by atoms with van der Waals surface area (Å²) in [5.74, 6) is -0.894. The highest BCUT2D eigenvalue weighted by atomic mass is 35.5. The Morgan fingerprint density at radius 3 is 2.67 bits per heavy atom. The molecule has 43 heavy (non-hydrogen) atoms. The summed E-state index contributed by atoms with van der Waals surface area (Å²) in [6.07, 6.45) is 5.20. The van der Waals surface area contributed by atoms with Gasteiger partial charge in [0, 0.05) is 28.2 Å². The summed E-state index contributed by atoms with van der Waals surface area (Å²) in [5, 5.41) is 14.2. The van der Waals surface area contributed by atoms with E-state index in [-0.39, 0.29) is 17.9 Å². The number of carbonyl (C=O) groups is 1. The van der Waals surface area contributed by atoms with E-state index >= 15 is 0 Å². The van der Waals surface area contributed by atoms with Crippen LogP contribution in [-0.4, -0.2) is 34.6 Å². The van der Waals surface area contributed by atoms with Gasteiger partial charge in [-0.2, -0.15) is 0 Å². The molecule has 228 valence electrons. The van der Waals surface area contributed by atoms with Crippen molar-refractivity contribution in [3.63, 3.8) is 0 Å². The molecule has 0 aliphatic heterocycles. The van der Waals surface area contributed by atoms with Gasteiger partial charge in [0.2, 0.25) is 6.43 Å². The van der Waals surface area contributed by atoms with Gasteiger partial charge in [-0.25, -0.2) is 13.6 Å². The molecule has 0 bridgehead atoms. The summed E-state index contributed by atoms with van der Waals surface area (Å²) in [6.45, 7) is 2.09. The largest absolute Gasteiger partial charge is 0.493 e. The van der Waals surface area contributed by atoms with Gasteiger partial charge in [-0.15, -0.1) is 0 Å². The number of carboxylic acid groups (broad SMARTS) is 1. The van der Waals surface area contributed by atoms with Crippen LogP contribution >= 0.6 is 11.6 Å².